The van der Waals surface area contributed by atoms with Crippen molar-refractivity contribution in [2.45, 2.75) is 26.4 Å². The Labute approximate surface area is 166 Å². The van der Waals surface area contributed by atoms with E-state index in [1.54, 1.807) is 12.1 Å². The molecular weight excluding hydrogens is 381 g/mol. The maximum absolute atomic E-state index is 12.3. The van der Waals surface area contributed by atoms with E-state index in [1.807, 2.05) is 35.6 Å². The van der Waals surface area contributed by atoms with Crippen LogP contribution in [-0.2, 0) is 4.79 Å². The molecule has 1 unspecified atom stereocenters. The normalized spacial score (nSPS) is 12.6. The van der Waals surface area contributed by atoms with Crippen LogP contribution < -0.4 is 10.1 Å². The summed E-state index contributed by atoms with van der Waals surface area (Å²) in [4.78, 5) is 15.6. The van der Waals surface area contributed by atoms with Crippen molar-refractivity contribution in [3.8, 4) is 17.0 Å². The van der Waals surface area contributed by atoms with Gasteiger partial charge in [0.2, 0.25) is 0 Å². The number of alkyl halides is 3. The van der Waals surface area contributed by atoms with Gasteiger partial charge >= 0.3 is 12.1 Å². The molecule has 3 rings (SSSR count). The molecule has 29 heavy (non-hydrogen) atoms. The summed E-state index contributed by atoms with van der Waals surface area (Å²) in [5.74, 6) is -0.729. The molecule has 7 heteroatoms. The van der Waals surface area contributed by atoms with E-state index in [1.165, 1.54) is 12.1 Å². The molecule has 0 radical (unpaired) electrons. The molecule has 0 saturated carbocycles. The molecule has 1 atom stereocenters. The summed E-state index contributed by atoms with van der Waals surface area (Å²) in [6.07, 6.45) is -3.87. The fourth-order valence-corrected chi connectivity index (χ4v) is 2.64. The standard InChI is InChI=1S/C22H21F3N2O2/c1-3-14(2)13-29-18-9-11-20-16(12-18)6-10-19(27-20)15-4-7-17(8-5-15)26-21(28)22(23,24)25/h4-12,14H,3,13H2,1-2H3,(H,26,28). The Morgan fingerprint density at radius 3 is 2.48 bits per heavy atom. The zero-order valence-electron chi connectivity index (χ0n) is 16.1. The van der Waals surface area contributed by atoms with Crippen molar-refractivity contribution in [3.63, 3.8) is 0 Å². The van der Waals surface area contributed by atoms with Crippen molar-refractivity contribution in [3.05, 3.63) is 54.6 Å². The summed E-state index contributed by atoms with van der Waals surface area (Å²) < 4.78 is 42.8. The Morgan fingerprint density at radius 2 is 1.83 bits per heavy atom. The smallest absolute Gasteiger partial charge is 0.471 e. The third kappa shape index (κ3) is 5.25. The minimum atomic E-state index is -4.92. The number of carbonyl (C=O) groups is 1. The van der Waals surface area contributed by atoms with Gasteiger partial charge < -0.3 is 10.1 Å². The van der Waals surface area contributed by atoms with E-state index in [0.29, 0.717) is 18.2 Å². The first-order valence-electron chi connectivity index (χ1n) is 9.28. The first kappa shape index (κ1) is 20.6. The molecule has 2 aromatic carbocycles. The number of fused-ring (bicyclic) bond motifs is 1. The predicted octanol–water partition coefficient (Wildman–Crippen LogP) is 5.83. The van der Waals surface area contributed by atoms with Crippen LogP contribution in [0.5, 0.6) is 5.75 Å². The Morgan fingerprint density at radius 1 is 1.10 bits per heavy atom. The average molecular weight is 402 g/mol. The van der Waals surface area contributed by atoms with Crippen LogP contribution in [0.15, 0.2) is 54.6 Å². The Bertz CT molecular complexity index is 1000. The van der Waals surface area contributed by atoms with Gasteiger partial charge in [-0.15, -0.1) is 0 Å². The first-order valence-corrected chi connectivity index (χ1v) is 9.28. The highest BCUT2D eigenvalue weighted by Gasteiger charge is 2.38. The highest BCUT2D eigenvalue weighted by molar-refractivity contribution is 5.95. The lowest BCUT2D eigenvalue weighted by atomic mass is 10.1. The Hall–Kier alpha value is -3.09. The molecule has 0 aliphatic carbocycles. The van der Waals surface area contributed by atoms with Gasteiger partial charge in [-0.05, 0) is 42.3 Å². The van der Waals surface area contributed by atoms with Crippen LogP contribution in [0.2, 0.25) is 0 Å². The number of rotatable bonds is 6. The van der Waals surface area contributed by atoms with E-state index >= 15 is 0 Å². The molecule has 152 valence electrons. The van der Waals surface area contributed by atoms with Gasteiger partial charge in [-0.2, -0.15) is 13.2 Å². The van der Waals surface area contributed by atoms with Crippen LogP contribution in [0.1, 0.15) is 20.3 Å². The first-order chi connectivity index (χ1) is 13.8. The largest absolute Gasteiger partial charge is 0.493 e. The zero-order valence-corrected chi connectivity index (χ0v) is 16.1. The number of amides is 1. The van der Waals surface area contributed by atoms with Crippen molar-refractivity contribution in [2.75, 3.05) is 11.9 Å². The summed E-state index contributed by atoms with van der Waals surface area (Å²) in [7, 11) is 0. The SMILES string of the molecule is CCC(C)COc1ccc2nc(-c3ccc(NC(=O)C(F)(F)F)cc3)ccc2c1. The van der Waals surface area contributed by atoms with E-state index < -0.39 is 12.1 Å². The number of halogens is 3. The average Bonchev–Trinajstić information content (AvgIpc) is 2.71. The van der Waals surface area contributed by atoms with Gasteiger partial charge in [0.05, 0.1) is 17.8 Å². The molecule has 0 fully saturated rings. The number of pyridine rings is 1. The molecular formula is C22H21F3N2O2. The second-order valence-electron chi connectivity index (χ2n) is 6.90. The van der Waals surface area contributed by atoms with Crippen LogP contribution in [0, 0.1) is 5.92 Å². The van der Waals surface area contributed by atoms with Crippen LogP contribution >= 0.6 is 0 Å². The third-order valence-electron chi connectivity index (χ3n) is 4.59. The predicted molar refractivity (Wildman–Crippen MR) is 107 cm³/mol. The molecule has 0 aliphatic heterocycles. The number of nitrogens with one attached hydrogen (secondary N) is 1. The number of anilines is 1. The molecule has 1 amide bonds. The van der Waals surface area contributed by atoms with Crippen LogP contribution in [0.25, 0.3) is 22.2 Å². The molecule has 4 nitrogen and oxygen atoms in total. The topological polar surface area (TPSA) is 51.2 Å². The van der Waals surface area contributed by atoms with Crippen molar-refractivity contribution < 1.29 is 22.7 Å². The number of carbonyl (C=O) groups excluding carboxylic acids is 1. The minimum absolute atomic E-state index is 0.0694. The summed E-state index contributed by atoms with van der Waals surface area (Å²) in [6, 6.07) is 15.5. The lowest BCUT2D eigenvalue weighted by Crippen LogP contribution is -2.29. The number of ether oxygens (including phenoxy) is 1. The van der Waals surface area contributed by atoms with Crippen LogP contribution in [0.4, 0.5) is 18.9 Å². The zero-order chi connectivity index (χ0) is 21.0. The monoisotopic (exact) mass is 402 g/mol. The molecule has 0 bridgehead atoms. The Kier molecular flexibility index (Phi) is 6.06. The van der Waals surface area contributed by atoms with Gasteiger partial charge in [0.15, 0.2) is 0 Å². The van der Waals surface area contributed by atoms with E-state index in [9.17, 15) is 18.0 Å². The number of aromatic nitrogens is 1. The second-order valence-corrected chi connectivity index (χ2v) is 6.90. The number of hydrogen-bond donors (Lipinski definition) is 1. The summed E-state index contributed by atoms with van der Waals surface area (Å²) >= 11 is 0. The van der Waals surface area contributed by atoms with Crippen molar-refractivity contribution >= 4 is 22.5 Å². The van der Waals surface area contributed by atoms with Gasteiger partial charge in [-0.1, -0.05) is 38.5 Å². The van der Waals surface area contributed by atoms with Crippen molar-refractivity contribution in [1.29, 1.82) is 0 Å². The summed E-state index contributed by atoms with van der Waals surface area (Å²) in [5.41, 5.74) is 2.27. The fraction of sp³-hybridized carbons (Fsp3) is 0.273. The lowest BCUT2D eigenvalue weighted by Gasteiger charge is -2.12. The van der Waals surface area contributed by atoms with Crippen molar-refractivity contribution in [2.24, 2.45) is 5.92 Å². The molecule has 3 aromatic rings. The fourth-order valence-electron chi connectivity index (χ4n) is 2.64. The van der Waals surface area contributed by atoms with Crippen LogP contribution in [0.3, 0.4) is 0 Å². The lowest BCUT2D eigenvalue weighted by molar-refractivity contribution is -0.167. The molecule has 1 aromatic heterocycles. The molecule has 0 aliphatic rings. The summed E-state index contributed by atoms with van der Waals surface area (Å²) in [5, 5.41) is 2.76. The molecule has 1 N–H and O–H groups in total. The quantitative estimate of drug-likeness (QED) is 0.565. The number of hydrogen-bond acceptors (Lipinski definition) is 3. The maximum Gasteiger partial charge on any atom is 0.471 e. The van der Waals surface area contributed by atoms with Gasteiger partial charge in [0, 0.05) is 16.6 Å². The highest BCUT2D eigenvalue weighted by atomic mass is 19.4. The van der Waals surface area contributed by atoms with Gasteiger partial charge in [-0.3, -0.25) is 4.79 Å². The Balaban J connectivity index is 1.75. The van der Waals surface area contributed by atoms with Gasteiger partial charge in [0.25, 0.3) is 0 Å². The number of benzene rings is 2. The van der Waals surface area contributed by atoms with Crippen LogP contribution in [-0.4, -0.2) is 23.7 Å². The van der Waals surface area contributed by atoms with Gasteiger partial charge in [-0.25, -0.2) is 4.98 Å². The molecule has 1 heterocycles. The molecule has 0 saturated heterocycles. The van der Waals surface area contributed by atoms with E-state index in [0.717, 1.165) is 28.6 Å². The molecule has 0 spiro atoms. The maximum atomic E-state index is 12.3. The second kappa shape index (κ2) is 8.51. The summed E-state index contributed by atoms with van der Waals surface area (Å²) in [6.45, 7) is 4.91. The minimum Gasteiger partial charge on any atom is -0.493 e. The van der Waals surface area contributed by atoms with E-state index in [-0.39, 0.29) is 5.69 Å². The third-order valence-corrected chi connectivity index (χ3v) is 4.59. The number of nitrogens with zero attached hydrogens (tertiary/aromatic N) is 1. The van der Waals surface area contributed by atoms with Crippen molar-refractivity contribution in [1.82, 2.24) is 4.98 Å². The van der Waals surface area contributed by atoms with E-state index in [2.05, 4.69) is 18.8 Å². The highest BCUT2D eigenvalue weighted by Crippen LogP contribution is 2.26. The van der Waals surface area contributed by atoms with E-state index in [4.69, 9.17) is 4.74 Å². The van der Waals surface area contributed by atoms with Gasteiger partial charge in [0.1, 0.15) is 5.75 Å².